The number of aromatic nitrogens is 2. The second-order valence-electron chi connectivity index (χ2n) is 4.77. The number of methoxy groups -OCH3 is 1. The third-order valence-corrected chi connectivity index (χ3v) is 3.28. The maximum Gasteiger partial charge on any atom is 0.218 e. The minimum atomic E-state index is 0.634. The quantitative estimate of drug-likeness (QED) is 0.668. The first-order chi connectivity index (χ1) is 9.73. The molecule has 0 saturated carbocycles. The van der Waals surface area contributed by atoms with Gasteiger partial charge in [0, 0.05) is 19.0 Å². The van der Waals surface area contributed by atoms with Crippen LogP contribution in [0.4, 0.5) is 5.82 Å². The van der Waals surface area contributed by atoms with Gasteiger partial charge in [0.1, 0.15) is 11.6 Å². The molecule has 0 fully saturated rings. The predicted molar refractivity (Wildman–Crippen MR) is 83.5 cm³/mol. The van der Waals surface area contributed by atoms with Gasteiger partial charge in [0.15, 0.2) is 0 Å². The van der Waals surface area contributed by atoms with Crippen LogP contribution in [0.25, 0.3) is 0 Å². The number of ether oxygens (including phenoxy) is 1. The van der Waals surface area contributed by atoms with Crippen molar-refractivity contribution >= 4 is 5.82 Å². The van der Waals surface area contributed by atoms with E-state index in [1.165, 1.54) is 0 Å². The summed E-state index contributed by atoms with van der Waals surface area (Å²) in [6, 6.07) is 1.86. The number of hydrogen-bond donors (Lipinski definition) is 1. The van der Waals surface area contributed by atoms with Crippen molar-refractivity contribution in [2.24, 2.45) is 0 Å². The molecular weight excluding hydrogens is 252 g/mol. The zero-order chi connectivity index (χ0) is 14.8. The molecule has 0 aliphatic heterocycles. The van der Waals surface area contributed by atoms with E-state index in [1.807, 2.05) is 6.07 Å². The first-order valence-electron chi connectivity index (χ1n) is 7.61. The van der Waals surface area contributed by atoms with Gasteiger partial charge in [0.25, 0.3) is 0 Å². The highest BCUT2D eigenvalue weighted by Gasteiger charge is 2.04. The smallest absolute Gasteiger partial charge is 0.218 e. The largest absolute Gasteiger partial charge is 0.481 e. The summed E-state index contributed by atoms with van der Waals surface area (Å²) < 4.78 is 5.22. The van der Waals surface area contributed by atoms with Gasteiger partial charge in [-0.15, -0.1) is 0 Å². The van der Waals surface area contributed by atoms with Gasteiger partial charge in [-0.2, -0.15) is 4.98 Å². The number of nitrogens with zero attached hydrogens (tertiary/aromatic N) is 3. The molecule has 0 saturated heterocycles. The van der Waals surface area contributed by atoms with Crippen molar-refractivity contribution in [1.29, 1.82) is 0 Å². The molecule has 0 atom stereocenters. The van der Waals surface area contributed by atoms with Crippen molar-refractivity contribution < 1.29 is 4.74 Å². The van der Waals surface area contributed by atoms with E-state index in [4.69, 9.17) is 4.74 Å². The Balaban J connectivity index is 2.48. The molecule has 1 heterocycles. The van der Waals surface area contributed by atoms with Crippen LogP contribution in [0.15, 0.2) is 6.07 Å². The summed E-state index contributed by atoms with van der Waals surface area (Å²) in [5.41, 5.74) is 0. The van der Waals surface area contributed by atoms with Crippen LogP contribution in [0.3, 0.4) is 0 Å². The second-order valence-corrected chi connectivity index (χ2v) is 4.77. The molecule has 1 aromatic heterocycles. The van der Waals surface area contributed by atoms with Gasteiger partial charge in [-0.25, -0.2) is 4.98 Å². The minimum Gasteiger partial charge on any atom is -0.481 e. The molecule has 0 aliphatic rings. The molecule has 1 N–H and O–H groups in total. The Morgan fingerprint density at radius 3 is 2.55 bits per heavy atom. The highest BCUT2D eigenvalue weighted by Crippen LogP contribution is 2.14. The Bertz CT molecular complexity index is 380. The van der Waals surface area contributed by atoms with E-state index < -0.39 is 0 Å². The molecule has 0 aliphatic carbocycles. The summed E-state index contributed by atoms with van der Waals surface area (Å²) in [7, 11) is 1.64. The van der Waals surface area contributed by atoms with E-state index in [0.29, 0.717) is 5.88 Å². The molecule has 0 radical (unpaired) electrons. The number of hydrogen-bond acceptors (Lipinski definition) is 5. The van der Waals surface area contributed by atoms with E-state index in [2.05, 4.69) is 41.0 Å². The molecule has 1 rings (SSSR count). The highest BCUT2D eigenvalue weighted by atomic mass is 16.5. The Hall–Kier alpha value is -1.36. The molecular formula is C15H28N4O. The Labute approximate surface area is 122 Å². The van der Waals surface area contributed by atoms with Crippen LogP contribution in [0.5, 0.6) is 5.88 Å². The van der Waals surface area contributed by atoms with Crippen molar-refractivity contribution in [1.82, 2.24) is 14.9 Å². The average molecular weight is 280 g/mol. The lowest BCUT2D eigenvalue weighted by atomic mass is 10.3. The van der Waals surface area contributed by atoms with E-state index in [-0.39, 0.29) is 0 Å². The number of nitrogens with one attached hydrogen (secondary N) is 1. The minimum absolute atomic E-state index is 0.634. The van der Waals surface area contributed by atoms with Crippen LogP contribution < -0.4 is 10.1 Å². The van der Waals surface area contributed by atoms with Crippen LogP contribution in [0, 0.1) is 0 Å². The van der Waals surface area contributed by atoms with Gasteiger partial charge in [-0.05, 0) is 32.5 Å². The van der Waals surface area contributed by atoms with Crippen molar-refractivity contribution in [2.75, 3.05) is 38.6 Å². The van der Waals surface area contributed by atoms with Crippen molar-refractivity contribution in [3.8, 4) is 5.88 Å². The van der Waals surface area contributed by atoms with Crippen molar-refractivity contribution in [3.63, 3.8) is 0 Å². The maximum absolute atomic E-state index is 5.22. The van der Waals surface area contributed by atoms with Crippen molar-refractivity contribution in [3.05, 3.63) is 11.9 Å². The zero-order valence-corrected chi connectivity index (χ0v) is 13.3. The fourth-order valence-electron chi connectivity index (χ4n) is 2.06. The molecule has 114 valence electrons. The lowest BCUT2D eigenvalue weighted by molar-refractivity contribution is 0.303. The Morgan fingerprint density at radius 2 is 1.95 bits per heavy atom. The number of anilines is 1. The van der Waals surface area contributed by atoms with Crippen LogP contribution in [-0.4, -0.2) is 48.2 Å². The normalized spacial score (nSPS) is 10.8. The number of aryl methyl sites for hydroxylation is 1. The standard InChI is InChI=1S/C15H28N4O/c1-5-9-13-17-14(12-15(18-13)20-4)16-10-8-11-19(6-2)7-3/h12H,5-11H2,1-4H3,(H,16,17,18). The van der Waals surface area contributed by atoms with Gasteiger partial charge in [-0.1, -0.05) is 20.8 Å². The van der Waals surface area contributed by atoms with Gasteiger partial charge < -0.3 is 15.0 Å². The Kier molecular flexibility index (Phi) is 7.95. The topological polar surface area (TPSA) is 50.3 Å². The molecule has 1 aromatic rings. The SMILES string of the molecule is CCCc1nc(NCCCN(CC)CC)cc(OC)n1. The lowest BCUT2D eigenvalue weighted by Crippen LogP contribution is -2.25. The van der Waals surface area contributed by atoms with E-state index in [0.717, 1.165) is 57.1 Å². The zero-order valence-electron chi connectivity index (χ0n) is 13.3. The van der Waals surface area contributed by atoms with Crippen LogP contribution in [0.1, 0.15) is 39.4 Å². The van der Waals surface area contributed by atoms with Gasteiger partial charge in [-0.3, -0.25) is 0 Å². The molecule has 5 heteroatoms. The Morgan fingerprint density at radius 1 is 1.20 bits per heavy atom. The van der Waals surface area contributed by atoms with Crippen LogP contribution in [-0.2, 0) is 6.42 Å². The van der Waals surface area contributed by atoms with E-state index >= 15 is 0 Å². The van der Waals surface area contributed by atoms with Crippen LogP contribution in [0.2, 0.25) is 0 Å². The summed E-state index contributed by atoms with van der Waals surface area (Å²) >= 11 is 0. The molecule has 0 bridgehead atoms. The lowest BCUT2D eigenvalue weighted by Gasteiger charge is -2.17. The monoisotopic (exact) mass is 280 g/mol. The molecule has 20 heavy (non-hydrogen) atoms. The molecule has 5 nitrogen and oxygen atoms in total. The third kappa shape index (κ3) is 5.74. The molecule has 0 spiro atoms. The summed E-state index contributed by atoms with van der Waals surface area (Å²) in [4.78, 5) is 11.3. The van der Waals surface area contributed by atoms with Gasteiger partial charge >= 0.3 is 0 Å². The first-order valence-corrected chi connectivity index (χ1v) is 7.61. The predicted octanol–water partition coefficient (Wildman–Crippen LogP) is 2.58. The number of rotatable bonds is 10. The first kappa shape index (κ1) is 16.7. The molecule has 0 amide bonds. The van der Waals surface area contributed by atoms with Crippen molar-refractivity contribution in [2.45, 2.75) is 40.0 Å². The maximum atomic E-state index is 5.22. The second kappa shape index (κ2) is 9.53. The summed E-state index contributed by atoms with van der Waals surface area (Å²) in [5, 5.41) is 3.36. The molecule has 0 aromatic carbocycles. The van der Waals surface area contributed by atoms with Gasteiger partial charge in [0.2, 0.25) is 5.88 Å². The summed E-state index contributed by atoms with van der Waals surface area (Å²) in [6.07, 6.45) is 3.02. The summed E-state index contributed by atoms with van der Waals surface area (Å²) in [5.74, 6) is 2.34. The molecule has 0 unspecified atom stereocenters. The van der Waals surface area contributed by atoms with E-state index in [1.54, 1.807) is 7.11 Å². The van der Waals surface area contributed by atoms with E-state index in [9.17, 15) is 0 Å². The van der Waals surface area contributed by atoms with Crippen LogP contribution >= 0.6 is 0 Å². The average Bonchev–Trinajstić information content (AvgIpc) is 2.47. The highest BCUT2D eigenvalue weighted by molar-refractivity contribution is 5.38. The summed E-state index contributed by atoms with van der Waals surface area (Å²) in [6.45, 7) is 10.8. The third-order valence-electron chi connectivity index (χ3n) is 3.28. The van der Waals surface area contributed by atoms with Gasteiger partial charge in [0.05, 0.1) is 7.11 Å². The fourth-order valence-corrected chi connectivity index (χ4v) is 2.06. The fraction of sp³-hybridized carbons (Fsp3) is 0.733.